The third kappa shape index (κ3) is 3.70. The largest absolute Gasteiger partial charge is 0.299 e. The first-order valence-electron chi connectivity index (χ1n) is 9.59. The molecule has 0 aromatic heterocycles. The first kappa shape index (κ1) is 21.1. The van der Waals surface area contributed by atoms with Crippen molar-refractivity contribution in [3.63, 3.8) is 0 Å². The van der Waals surface area contributed by atoms with E-state index < -0.39 is 6.04 Å². The zero-order valence-corrected chi connectivity index (χ0v) is 16.4. The minimum absolute atomic E-state index is 0.0435. The standard InChI is InChI=1S/C16H20N2O3.2C2H6/c1-3-5-11-10(4-2)16(8-9-16)15(21)18(11)12-6-7-13(19)17-14(12)20;2*1-2/h3,5,12H,4,6-9H2,1-2H3,(H,17,19,20);2*1-2H3/b5-3-;;. The Kier molecular flexibility index (Phi) is 7.59. The summed E-state index contributed by atoms with van der Waals surface area (Å²) < 4.78 is 0. The van der Waals surface area contributed by atoms with Crippen LogP contribution in [0.3, 0.4) is 0 Å². The molecule has 1 unspecified atom stereocenters. The molecule has 1 N–H and O–H groups in total. The minimum atomic E-state index is -0.553. The lowest BCUT2D eigenvalue weighted by Gasteiger charge is -2.31. The molecule has 1 atom stereocenters. The molecule has 1 saturated carbocycles. The predicted molar refractivity (Wildman–Crippen MR) is 99.5 cm³/mol. The fourth-order valence-electron chi connectivity index (χ4n) is 3.60. The fourth-order valence-corrected chi connectivity index (χ4v) is 3.60. The quantitative estimate of drug-likeness (QED) is 0.791. The van der Waals surface area contributed by atoms with Gasteiger partial charge in [-0.2, -0.15) is 0 Å². The van der Waals surface area contributed by atoms with Crippen LogP contribution in [0, 0.1) is 5.41 Å². The van der Waals surface area contributed by atoms with Gasteiger partial charge in [0.15, 0.2) is 0 Å². The van der Waals surface area contributed by atoms with Crippen LogP contribution in [0.25, 0.3) is 0 Å². The second kappa shape index (κ2) is 8.97. The van der Waals surface area contributed by atoms with Crippen molar-refractivity contribution < 1.29 is 14.4 Å². The van der Waals surface area contributed by atoms with E-state index in [0.717, 1.165) is 30.5 Å². The van der Waals surface area contributed by atoms with E-state index in [1.807, 2.05) is 46.8 Å². The average Bonchev–Trinajstić information content (AvgIpc) is 3.38. The summed E-state index contributed by atoms with van der Waals surface area (Å²) in [5.74, 6) is -0.562. The van der Waals surface area contributed by atoms with Gasteiger partial charge in [0.1, 0.15) is 6.04 Å². The zero-order valence-electron chi connectivity index (χ0n) is 16.4. The number of nitrogens with zero attached hydrogens (tertiary/aromatic N) is 1. The number of carbonyl (C=O) groups is 3. The van der Waals surface area contributed by atoms with Crippen LogP contribution < -0.4 is 5.32 Å². The maximum atomic E-state index is 12.9. The SMILES string of the molecule is C/C=C\C1=C(CC)C2(CC2)C(=O)N1C1CCC(=O)NC1=O.CC.CC. The predicted octanol–water partition coefficient (Wildman–Crippen LogP) is 3.71. The van der Waals surface area contributed by atoms with Crippen LogP contribution in [-0.2, 0) is 14.4 Å². The second-order valence-electron chi connectivity index (χ2n) is 5.94. The van der Waals surface area contributed by atoms with Crippen molar-refractivity contribution in [2.45, 2.75) is 79.7 Å². The highest BCUT2D eigenvalue weighted by atomic mass is 16.2. The van der Waals surface area contributed by atoms with Crippen molar-refractivity contribution in [1.82, 2.24) is 10.2 Å². The summed E-state index contributed by atoms with van der Waals surface area (Å²) >= 11 is 0. The number of allylic oxidation sites excluding steroid dienone is 2. The van der Waals surface area contributed by atoms with E-state index in [9.17, 15) is 14.4 Å². The van der Waals surface area contributed by atoms with E-state index in [-0.39, 0.29) is 29.6 Å². The normalized spacial score (nSPS) is 24.0. The van der Waals surface area contributed by atoms with E-state index in [1.54, 1.807) is 4.90 Å². The maximum absolute atomic E-state index is 12.9. The molecule has 1 spiro atoms. The highest BCUT2D eigenvalue weighted by Crippen LogP contribution is 2.60. The lowest BCUT2D eigenvalue weighted by Crippen LogP contribution is -2.53. The molecule has 0 bridgehead atoms. The highest BCUT2D eigenvalue weighted by molar-refractivity contribution is 6.04. The summed E-state index contributed by atoms with van der Waals surface area (Å²) in [5, 5.41) is 2.35. The summed E-state index contributed by atoms with van der Waals surface area (Å²) in [7, 11) is 0. The van der Waals surface area contributed by atoms with Gasteiger partial charge in [0.2, 0.25) is 17.7 Å². The molecule has 0 aromatic rings. The number of nitrogens with one attached hydrogen (secondary N) is 1. The number of rotatable bonds is 3. The first-order valence-corrected chi connectivity index (χ1v) is 9.59. The van der Waals surface area contributed by atoms with Crippen molar-refractivity contribution in [3.8, 4) is 0 Å². The molecule has 25 heavy (non-hydrogen) atoms. The van der Waals surface area contributed by atoms with E-state index in [4.69, 9.17) is 0 Å². The molecule has 1 saturated heterocycles. The lowest BCUT2D eigenvalue weighted by molar-refractivity contribution is -0.144. The van der Waals surface area contributed by atoms with Gasteiger partial charge in [0, 0.05) is 12.1 Å². The Morgan fingerprint density at radius 2 is 1.76 bits per heavy atom. The van der Waals surface area contributed by atoms with Crippen molar-refractivity contribution in [3.05, 3.63) is 23.4 Å². The summed E-state index contributed by atoms with van der Waals surface area (Å²) in [6, 6.07) is -0.553. The van der Waals surface area contributed by atoms with Gasteiger partial charge in [-0.1, -0.05) is 40.7 Å². The minimum Gasteiger partial charge on any atom is -0.299 e. The Bertz CT molecular complexity index is 586. The molecule has 5 nitrogen and oxygen atoms in total. The van der Waals surface area contributed by atoms with E-state index in [0.29, 0.717) is 6.42 Å². The zero-order chi connectivity index (χ0) is 19.2. The monoisotopic (exact) mass is 348 g/mol. The van der Waals surface area contributed by atoms with Crippen LogP contribution >= 0.6 is 0 Å². The topological polar surface area (TPSA) is 66.5 Å². The summed E-state index contributed by atoms with van der Waals surface area (Å²) in [4.78, 5) is 38.0. The number of carbonyl (C=O) groups excluding carboxylic acids is 3. The van der Waals surface area contributed by atoms with Crippen LogP contribution in [0.1, 0.15) is 73.6 Å². The van der Waals surface area contributed by atoms with E-state index >= 15 is 0 Å². The molecule has 0 aromatic carbocycles. The average molecular weight is 348 g/mol. The van der Waals surface area contributed by atoms with Gasteiger partial charge in [-0.25, -0.2) is 0 Å². The number of imide groups is 1. The van der Waals surface area contributed by atoms with Gasteiger partial charge in [0.25, 0.3) is 0 Å². The van der Waals surface area contributed by atoms with Gasteiger partial charge >= 0.3 is 0 Å². The van der Waals surface area contributed by atoms with Crippen molar-refractivity contribution in [1.29, 1.82) is 0 Å². The van der Waals surface area contributed by atoms with Crippen LogP contribution in [0.2, 0.25) is 0 Å². The molecule has 3 rings (SSSR count). The molecule has 2 fully saturated rings. The summed E-state index contributed by atoms with van der Waals surface area (Å²) in [6.45, 7) is 12.0. The Morgan fingerprint density at radius 3 is 2.20 bits per heavy atom. The smallest absolute Gasteiger partial charge is 0.249 e. The Balaban J connectivity index is 0.000000730. The Hall–Kier alpha value is -1.91. The third-order valence-corrected chi connectivity index (χ3v) is 4.72. The van der Waals surface area contributed by atoms with Gasteiger partial charge in [-0.05, 0) is 44.3 Å². The lowest BCUT2D eigenvalue weighted by atomic mass is 9.94. The highest BCUT2D eigenvalue weighted by Gasteiger charge is 2.61. The molecular weight excluding hydrogens is 316 g/mol. The first-order chi connectivity index (χ1) is 12.0. The van der Waals surface area contributed by atoms with Gasteiger partial charge in [-0.15, -0.1) is 0 Å². The number of hydrogen-bond donors (Lipinski definition) is 1. The van der Waals surface area contributed by atoms with Crippen molar-refractivity contribution in [2.75, 3.05) is 0 Å². The van der Waals surface area contributed by atoms with Crippen molar-refractivity contribution in [2.24, 2.45) is 5.41 Å². The van der Waals surface area contributed by atoms with Crippen LogP contribution in [0.4, 0.5) is 0 Å². The number of hydrogen-bond acceptors (Lipinski definition) is 3. The van der Waals surface area contributed by atoms with Crippen LogP contribution in [-0.4, -0.2) is 28.7 Å². The van der Waals surface area contributed by atoms with E-state index in [1.165, 1.54) is 0 Å². The van der Waals surface area contributed by atoms with Crippen molar-refractivity contribution >= 4 is 17.7 Å². The van der Waals surface area contributed by atoms with Gasteiger partial charge in [-0.3, -0.25) is 24.6 Å². The molecule has 2 aliphatic heterocycles. The Labute approximate surface area is 151 Å². The molecular formula is C20H32N2O3. The second-order valence-corrected chi connectivity index (χ2v) is 5.94. The molecule has 140 valence electrons. The van der Waals surface area contributed by atoms with Crippen LogP contribution in [0.15, 0.2) is 23.4 Å². The maximum Gasteiger partial charge on any atom is 0.249 e. The summed E-state index contributed by atoms with van der Waals surface area (Å²) in [6.07, 6.45) is 7.09. The molecule has 3 aliphatic rings. The number of piperidine rings is 1. The van der Waals surface area contributed by atoms with Crippen LogP contribution in [0.5, 0.6) is 0 Å². The molecule has 0 radical (unpaired) electrons. The molecule has 1 aliphatic carbocycles. The van der Waals surface area contributed by atoms with Gasteiger partial charge < -0.3 is 0 Å². The number of amides is 3. The third-order valence-electron chi connectivity index (χ3n) is 4.72. The van der Waals surface area contributed by atoms with Gasteiger partial charge in [0.05, 0.1) is 5.41 Å². The Morgan fingerprint density at radius 1 is 1.16 bits per heavy atom. The fraction of sp³-hybridized carbons (Fsp3) is 0.650. The molecule has 2 heterocycles. The summed E-state index contributed by atoms with van der Waals surface area (Å²) in [5.41, 5.74) is 1.66. The molecule has 5 heteroatoms. The van der Waals surface area contributed by atoms with E-state index in [2.05, 4.69) is 12.2 Å². The molecule has 3 amide bonds.